The van der Waals surface area contributed by atoms with E-state index in [0.29, 0.717) is 21.6 Å². The van der Waals surface area contributed by atoms with Crippen LogP contribution >= 0.6 is 23.2 Å². The normalized spacial score (nSPS) is 15.1. The summed E-state index contributed by atoms with van der Waals surface area (Å²) in [5.74, 6) is 0.139. The van der Waals surface area contributed by atoms with Crippen LogP contribution in [0.2, 0.25) is 10.0 Å². The van der Waals surface area contributed by atoms with Crippen molar-refractivity contribution in [3.05, 3.63) is 62.4 Å². The monoisotopic (exact) mass is 405 g/mol. The Morgan fingerprint density at radius 1 is 1.30 bits per heavy atom. The van der Waals surface area contributed by atoms with E-state index in [1.165, 1.54) is 10.7 Å². The molecular formula is C18H17Cl2N5O2. The molecule has 2 heterocycles. The quantitative estimate of drug-likeness (QED) is 0.707. The molecule has 0 aliphatic heterocycles. The SMILES string of the molecule is C[C@H](NC(=O)Cn1nc2cc(C3CC3)ncn2c1=O)c1ccc(Cl)c(Cl)c1. The number of carbonyl (C=O) groups excluding carboxylic acids is 1. The number of aromatic nitrogens is 4. The van der Waals surface area contributed by atoms with Crippen molar-refractivity contribution in [2.75, 3.05) is 0 Å². The van der Waals surface area contributed by atoms with E-state index in [-0.39, 0.29) is 18.5 Å². The predicted molar refractivity (Wildman–Crippen MR) is 102 cm³/mol. The third-order valence-corrected chi connectivity index (χ3v) is 5.35. The number of rotatable bonds is 5. The van der Waals surface area contributed by atoms with Crippen LogP contribution in [0.4, 0.5) is 0 Å². The van der Waals surface area contributed by atoms with Gasteiger partial charge < -0.3 is 5.32 Å². The summed E-state index contributed by atoms with van der Waals surface area (Å²) in [6, 6.07) is 6.70. The molecule has 0 saturated heterocycles. The molecular weight excluding hydrogens is 389 g/mol. The third kappa shape index (κ3) is 3.70. The van der Waals surface area contributed by atoms with Gasteiger partial charge in [-0.3, -0.25) is 4.79 Å². The van der Waals surface area contributed by atoms with Crippen molar-refractivity contribution in [1.29, 1.82) is 0 Å². The number of halogens is 2. The van der Waals surface area contributed by atoms with Crippen LogP contribution in [0.1, 0.15) is 43.0 Å². The molecule has 1 saturated carbocycles. The summed E-state index contributed by atoms with van der Waals surface area (Å²) < 4.78 is 2.49. The average molecular weight is 406 g/mol. The number of benzene rings is 1. The highest BCUT2D eigenvalue weighted by Gasteiger charge is 2.25. The minimum Gasteiger partial charge on any atom is -0.348 e. The molecule has 2 aromatic heterocycles. The van der Waals surface area contributed by atoms with E-state index < -0.39 is 5.69 Å². The fraction of sp³-hybridized carbons (Fsp3) is 0.333. The first-order valence-electron chi connectivity index (χ1n) is 8.62. The van der Waals surface area contributed by atoms with Gasteiger partial charge in [0.15, 0.2) is 5.65 Å². The molecule has 27 heavy (non-hydrogen) atoms. The predicted octanol–water partition coefficient (Wildman–Crippen LogP) is 2.95. The molecule has 9 heteroatoms. The second-order valence-electron chi connectivity index (χ2n) is 6.72. The van der Waals surface area contributed by atoms with E-state index in [1.54, 1.807) is 18.2 Å². The van der Waals surface area contributed by atoms with Crippen molar-refractivity contribution in [1.82, 2.24) is 24.5 Å². The lowest BCUT2D eigenvalue weighted by Crippen LogP contribution is -2.34. The second-order valence-corrected chi connectivity index (χ2v) is 7.53. The number of amides is 1. The summed E-state index contributed by atoms with van der Waals surface area (Å²) in [7, 11) is 0. The fourth-order valence-electron chi connectivity index (χ4n) is 2.93. The Labute approximate surface area is 164 Å². The maximum atomic E-state index is 12.4. The van der Waals surface area contributed by atoms with Gasteiger partial charge >= 0.3 is 5.69 Å². The van der Waals surface area contributed by atoms with Gasteiger partial charge in [-0.1, -0.05) is 29.3 Å². The Morgan fingerprint density at radius 2 is 2.07 bits per heavy atom. The highest BCUT2D eigenvalue weighted by molar-refractivity contribution is 6.42. The summed E-state index contributed by atoms with van der Waals surface area (Å²) in [6.45, 7) is 1.65. The average Bonchev–Trinajstić information content (AvgIpc) is 3.43. The summed E-state index contributed by atoms with van der Waals surface area (Å²) in [4.78, 5) is 29.1. The van der Waals surface area contributed by atoms with E-state index in [4.69, 9.17) is 23.2 Å². The number of fused-ring (bicyclic) bond motifs is 1. The van der Waals surface area contributed by atoms with Gasteiger partial charge in [0.25, 0.3) is 0 Å². The number of nitrogens with zero attached hydrogens (tertiary/aromatic N) is 4. The Kier molecular flexibility index (Phi) is 4.65. The van der Waals surface area contributed by atoms with Crippen LogP contribution in [-0.2, 0) is 11.3 Å². The highest BCUT2D eigenvalue weighted by Crippen LogP contribution is 2.38. The van der Waals surface area contributed by atoms with Crippen LogP contribution < -0.4 is 11.0 Å². The number of nitrogens with one attached hydrogen (secondary N) is 1. The number of carbonyl (C=O) groups is 1. The largest absolute Gasteiger partial charge is 0.352 e. The molecule has 1 aromatic carbocycles. The molecule has 1 aliphatic carbocycles. The molecule has 1 atom stereocenters. The first-order valence-corrected chi connectivity index (χ1v) is 9.37. The van der Waals surface area contributed by atoms with Crippen molar-refractivity contribution < 1.29 is 4.79 Å². The molecule has 1 aliphatic rings. The lowest BCUT2D eigenvalue weighted by molar-refractivity contribution is -0.122. The van der Waals surface area contributed by atoms with Gasteiger partial charge in [0, 0.05) is 17.7 Å². The van der Waals surface area contributed by atoms with E-state index in [0.717, 1.165) is 28.8 Å². The van der Waals surface area contributed by atoms with Crippen molar-refractivity contribution in [2.45, 2.75) is 38.3 Å². The lowest BCUT2D eigenvalue weighted by Gasteiger charge is -2.14. The van der Waals surface area contributed by atoms with Gasteiger partial charge in [-0.05, 0) is 37.5 Å². The first-order chi connectivity index (χ1) is 12.9. The summed E-state index contributed by atoms with van der Waals surface area (Å²) >= 11 is 11.9. The Balaban J connectivity index is 1.49. The van der Waals surface area contributed by atoms with Gasteiger partial charge in [0.05, 0.1) is 16.1 Å². The van der Waals surface area contributed by atoms with Gasteiger partial charge in [-0.25, -0.2) is 18.9 Å². The Hall–Kier alpha value is -2.38. The van der Waals surface area contributed by atoms with Crippen molar-refractivity contribution in [3.63, 3.8) is 0 Å². The maximum Gasteiger partial charge on any atom is 0.352 e. The van der Waals surface area contributed by atoms with Crippen molar-refractivity contribution in [3.8, 4) is 0 Å². The second kappa shape index (κ2) is 6.98. The molecule has 0 bridgehead atoms. The number of hydrogen-bond acceptors (Lipinski definition) is 4. The minimum atomic E-state index is -0.391. The van der Waals surface area contributed by atoms with E-state index in [2.05, 4.69) is 15.4 Å². The Bertz CT molecular complexity index is 1090. The molecule has 4 rings (SSSR count). The van der Waals surface area contributed by atoms with Crippen LogP contribution in [0.15, 0.2) is 35.4 Å². The van der Waals surface area contributed by atoms with Gasteiger partial charge in [-0.2, -0.15) is 0 Å². The summed E-state index contributed by atoms with van der Waals surface area (Å²) in [5, 5.41) is 7.97. The molecule has 140 valence electrons. The molecule has 0 spiro atoms. The Morgan fingerprint density at radius 3 is 2.78 bits per heavy atom. The van der Waals surface area contributed by atoms with Crippen LogP contribution in [0.25, 0.3) is 5.65 Å². The fourth-order valence-corrected chi connectivity index (χ4v) is 3.24. The van der Waals surface area contributed by atoms with Gasteiger partial charge in [0.2, 0.25) is 5.91 Å². The topological polar surface area (TPSA) is 81.3 Å². The number of hydrogen-bond donors (Lipinski definition) is 1. The smallest absolute Gasteiger partial charge is 0.348 e. The molecule has 1 amide bonds. The van der Waals surface area contributed by atoms with Crippen molar-refractivity contribution in [2.24, 2.45) is 0 Å². The van der Waals surface area contributed by atoms with Crippen LogP contribution in [0, 0.1) is 0 Å². The van der Waals surface area contributed by atoms with Crippen molar-refractivity contribution >= 4 is 34.8 Å². The van der Waals surface area contributed by atoms with E-state index in [1.807, 2.05) is 13.0 Å². The standard InChI is InChI=1S/C18H17Cl2N5O2/c1-10(12-4-5-13(19)14(20)6-12)22-17(26)8-25-18(27)24-9-21-15(11-2-3-11)7-16(24)23-25/h4-7,9-11H,2-3,8H2,1H3,(H,22,26)/t10-/m0/s1. The van der Waals surface area contributed by atoms with E-state index >= 15 is 0 Å². The van der Waals surface area contributed by atoms with Gasteiger partial charge in [-0.15, -0.1) is 5.10 Å². The third-order valence-electron chi connectivity index (χ3n) is 4.61. The zero-order valence-electron chi connectivity index (χ0n) is 14.5. The molecule has 1 N–H and O–H groups in total. The maximum absolute atomic E-state index is 12.4. The minimum absolute atomic E-state index is 0.176. The molecule has 3 aromatic rings. The highest BCUT2D eigenvalue weighted by atomic mass is 35.5. The van der Waals surface area contributed by atoms with Crippen LogP contribution in [-0.4, -0.2) is 25.1 Å². The summed E-state index contributed by atoms with van der Waals surface area (Å²) in [6.07, 6.45) is 3.71. The lowest BCUT2D eigenvalue weighted by atomic mass is 10.1. The zero-order chi connectivity index (χ0) is 19.1. The molecule has 0 radical (unpaired) electrons. The molecule has 7 nitrogen and oxygen atoms in total. The molecule has 0 unspecified atom stereocenters. The van der Waals surface area contributed by atoms with Crippen LogP contribution in [0.3, 0.4) is 0 Å². The van der Waals surface area contributed by atoms with E-state index in [9.17, 15) is 9.59 Å². The molecule has 1 fully saturated rings. The van der Waals surface area contributed by atoms with Crippen LogP contribution in [0.5, 0.6) is 0 Å². The summed E-state index contributed by atoms with van der Waals surface area (Å²) in [5.41, 5.74) is 1.87. The first kappa shape index (κ1) is 18.0. The van der Waals surface area contributed by atoms with Gasteiger partial charge in [0.1, 0.15) is 12.9 Å². The zero-order valence-corrected chi connectivity index (χ0v) is 16.0.